The smallest absolute Gasteiger partial charge is 0.0382 e. The number of benzene rings is 4. The van der Waals surface area contributed by atoms with Crippen LogP contribution < -0.4 is 11.2 Å². The summed E-state index contributed by atoms with van der Waals surface area (Å²) in [5.74, 6) is 8.42. The lowest BCUT2D eigenvalue weighted by Gasteiger charge is -2.22. The number of hydrazine groups is 1. The van der Waals surface area contributed by atoms with Crippen molar-refractivity contribution in [3.05, 3.63) is 131 Å². The van der Waals surface area contributed by atoms with Crippen LogP contribution in [0.2, 0.25) is 0 Å². The first-order valence-electron chi connectivity index (χ1n) is 13.3. The number of nitrogens with zero attached hydrogens (tertiary/aromatic N) is 1. The van der Waals surface area contributed by atoms with Gasteiger partial charge in [-0.2, -0.15) is 0 Å². The second-order valence-electron chi connectivity index (χ2n) is 9.79. The van der Waals surface area contributed by atoms with Gasteiger partial charge in [-0.05, 0) is 61.2 Å². The summed E-state index contributed by atoms with van der Waals surface area (Å²) in [5.41, 5.74) is 6.55. The van der Waals surface area contributed by atoms with Crippen molar-refractivity contribution in [3.63, 3.8) is 0 Å². The highest BCUT2D eigenvalue weighted by Crippen LogP contribution is 2.22. The van der Waals surface area contributed by atoms with E-state index in [1.54, 1.807) is 0 Å². The van der Waals surface area contributed by atoms with E-state index < -0.39 is 0 Å². The molecule has 0 heterocycles. The van der Waals surface area contributed by atoms with Crippen LogP contribution in [-0.2, 0) is 19.5 Å². The molecule has 5 heteroatoms. The summed E-state index contributed by atoms with van der Waals surface area (Å²) in [4.78, 5) is 2.61. The van der Waals surface area contributed by atoms with Gasteiger partial charge in [-0.25, -0.2) is 5.01 Å². The highest BCUT2D eigenvalue weighted by Gasteiger charge is 2.13. The normalized spacial score (nSPS) is 12.1. The van der Waals surface area contributed by atoms with Gasteiger partial charge >= 0.3 is 0 Å². The van der Waals surface area contributed by atoms with Crippen molar-refractivity contribution in [3.8, 4) is 0 Å². The molecule has 4 aromatic rings. The largest absolute Gasteiger partial charge is 0.309 e. The molecule has 1 unspecified atom stereocenters. The van der Waals surface area contributed by atoms with Crippen LogP contribution in [0.3, 0.4) is 0 Å². The zero-order valence-electron chi connectivity index (χ0n) is 22.5. The molecule has 0 bridgehead atoms. The van der Waals surface area contributed by atoms with Gasteiger partial charge in [0.2, 0.25) is 0 Å². The Balaban J connectivity index is 1.33. The molecule has 1 atom stereocenters. The molecule has 0 aliphatic heterocycles. The quantitative estimate of drug-likeness (QED) is 0.0999. The highest BCUT2D eigenvalue weighted by atomic mass is 32.2. The topological polar surface area (TPSA) is 41.3 Å². The second-order valence-corrected chi connectivity index (χ2v) is 12.1. The number of hydrogen-bond donors (Lipinski definition) is 2. The van der Waals surface area contributed by atoms with Gasteiger partial charge in [0.25, 0.3) is 0 Å². The Labute approximate surface area is 237 Å². The Hall–Kier alpha value is -2.54. The van der Waals surface area contributed by atoms with Gasteiger partial charge in [-0.1, -0.05) is 90.0 Å². The molecule has 4 aromatic carbocycles. The van der Waals surface area contributed by atoms with Gasteiger partial charge in [0.1, 0.15) is 0 Å². The molecule has 0 saturated heterocycles. The minimum absolute atomic E-state index is 0.358. The summed E-state index contributed by atoms with van der Waals surface area (Å²) in [6.07, 6.45) is 1.00. The molecule has 3 nitrogen and oxygen atoms in total. The fourth-order valence-electron chi connectivity index (χ4n) is 4.27. The van der Waals surface area contributed by atoms with Crippen LogP contribution in [0.15, 0.2) is 113 Å². The fourth-order valence-corrected chi connectivity index (χ4v) is 6.12. The van der Waals surface area contributed by atoms with Crippen molar-refractivity contribution in [1.29, 1.82) is 0 Å². The summed E-state index contributed by atoms with van der Waals surface area (Å²) in [5, 5.41) is 5.80. The van der Waals surface area contributed by atoms with E-state index in [0.717, 1.165) is 37.6 Å². The molecule has 0 saturated carbocycles. The number of nitrogens with one attached hydrogen (secondary N) is 1. The molecule has 0 spiro atoms. The van der Waals surface area contributed by atoms with E-state index in [0.29, 0.717) is 6.04 Å². The van der Waals surface area contributed by atoms with Gasteiger partial charge in [-0.3, -0.25) is 5.84 Å². The monoisotopic (exact) mass is 541 g/mol. The van der Waals surface area contributed by atoms with E-state index in [2.05, 4.69) is 122 Å². The maximum Gasteiger partial charge on any atom is 0.0382 e. The second kappa shape index (κ2) is 15.2. The number of nitrogens with two attached hydrogens (primary N) is 1. The lowest BCUT2D eigenvalue weighted by molar-refractivity contribution is 0.292. The molecule has 0 amide bonds. The lowest BCUT2D eigenvalue weighted by atomic mass is 10.0. The summed E-state index contributed by atoms with van der Waals surface area (Å²) in [6, 6.07) is 37.3. The third kappa shape index (κ3) is 9.64. The Kier molecular flexibility index (Phi) is 11.4. The number of rotatable bonds is 14. The van der Waals surface area contributed by atoms with E-state index in [9.17, 15) is 0 Å². The molecule has 0 aliphatic carbocycles. The molecular formula is C33H39N3S2. The van der Waals surface area contributed by atoms with E-state index >= 15 is 0 Å². The van der Waals surface area contributed by atoms with E-state index in [4.69, 9.17) is 5.84 Å². The van der Waals surface area contributed by atoms with E-state index in [1.165, 1.54) is 37.6 Å². The molecule has 0 aromatic heterocycles. The average molecular weight is 542 g/mol. The van der Waals surface area contributed by atoms with Gasteiger partial charge in [0.05, 0.1) is 0 Å². The number of hydrogen-bond acceptors (Lipinski definition) is 5. The standard InChI is InChI=1S/C33H39N3S2/c1-26-12-16-32(17-13-26)37-21-20-36(34)24-30-11-7-6-10-29(30)23-35-31(22-28-8-4-3-5-9-28)25-38-33-18-14-27(2)15-19-33/h3-19,31,35H,20-25,34H2,1-2H3. The molecule has 198 valence electrons. The van der Waals surface area contributed by atoms with Crippen LogP contribution in [0, 0.1) is 13.8 Å². The Morgan fingerprint density at radius 2 is 1.29 bits per heavy atom. The van der Waals surface area contributed by atoms with Gasteiger partial charge in [0, 0.05) is 47.0 Å². The van der Waals surface area contributed by atoms with Crippen LogP contribution >= 0.6 is 23.5 Å². The first kappa shape index (κ1) is 28.5. The predicted octanol–water partition coefficient (Wildman–Crippen LogP) is 7.26. The fraction of sp³-hybridized carbons (Fsp3) is 0.273. The number of aryl methyl sites for hydroxylation is 2. The van der Waals surface area contributed by atoms with Crippen molar-refractivity contribution in [2.24, 2.45) is 5.84 Å². The SMILES string of the molecule is Cc1ccc(SCCN(N)Cc2ccccc2CNC(CSc2ccc(C)cc2)Cc2ccccc2)cc1. The lowest BCUT2D eigenvalue weighted by Crippen LogP contribution is -2.35. The first-order chi connectivity index (χ1) is 18.5. The van der Waals surface area contributed by atoms with Gasteiger partial charge < -0.3 is 5.32 Å². The Morgan fingerprint density at radius 1 is 0.711 bits per heavy atom. The summed E-state index contributed by atoms with van der Waals surface area (Å²) < 4.78 is 0. The summed E-state index contributed by atoms with van der Waals surface area (Å²) in [7, 11) is 0. The predicted molar refractivity (Wildman–Crippen MR) is 166 cm³/mol. The van der Waals surface area contributed by atoms with Gasteiger partial charge in [0.15, 0.2) is 0 Å². The Morgan fingerprint density at radius 3 is 1.95 bits per heavy atom. The Bertz CT molecular complexity index is 1230. The maximum absolute atomic E-state index is 6.44. The molecular weight excluding hydrogens is 503 g/mol. The molecule has 0 fully saturated rings. The van der Waals surface area contributed by atoms with E-state index in [-0.39, 0.29) is 0 Å². The zero-order valence-corrected chi connectivity index (χ0v) is 24.1. The third-order valence-electron chi connectivity index (χ3n) is 6.54. The molecule has 3 N–H and O–H groups in total. The van der Waals surface area contributed by atoms with Crippen molar-refractivity contribution < 1.29 is 0 Å². The summed E-state index contributed by atoms with van der Waals surface area (Å²) >= 11 is 3.78. The maximum atomic E-state index is 6.44. The van der Waals surface area contributed by atoms with Crippen LogP contribution in [0.25, 0.3) is 0 Å². The summed E-state index contributed by atoms with van der Waals surface area (Å²) in [6.45, 7) is 6.66. The van der Waals surface area contributed by atoms with Crippen molar-refractivity contribution in [2.75, 3.05) is 18.1 Å². The van der Waals surface area contributed by atoms with Crippen molar-refractivity contribution in [2.45, 2.75) is 49.2 Å². The number of thioether (sulfide) groups is 2. The molecule has 38 heavy (non-hydrogen) atoms. The first-order valence-corrected chi connectivity index (χ1v) is 15.2. The highest BCUT2D eigenvalue weighted by molar-refractivity contribution is 7.99. The zero-order chi connectivity index (χ0) is 26.6. The van der Waals surface area contributed by atoms with Crippen LogP contribution in [-0.4, -0.2) is 29.1 Å². The molecule has 0 aliphatic rings. The molecule has 0 radical (unpaired) electrons. The minimum atomic E-state index is 0.358. The van der Waals surface area contributed by atoms with Crippen LogP contribution in [0.5, 0.6) is 0 Å². The van der Waals surface area contributed by atoms with Crippen LogP contribution in [0.4, 0.5) is 0 Å². The van der Waals surface area contributed by atoms with E-state index in [1.807, 2.05) is 28.5 Å². The third-order valence-corrected chi connectivity index (χ3v) is 8.71. The minimum Gasteiger partial charge on any atom is -0.309 e. The van der Waals surface area contributed by atoms with Crippen molar-refractivity contribution >= 4 is 23.5 Å². The van der Waals surface area contributed by atoms with Crippen LogP contribution in [0.1, 0.15) is 27.8 Å². The average Bonchev–Trinajstić information content (AvgIpc) is 2.93. The molecule has 4 rings (SSSR count). The van der Waals surface area contributed by atoms with Gasteiger partial charge in [-0.15, -0.1) is 23.5 Å². The van der Waals surface area contributed by atoms with Crippen molar-refractivity contribution in [1.82, 2.24) is 10.3 Å².